The van der Waals surface area contributed by atoms with E-state index in [4.69, 9.17) is 9.47 Å². The molecule has 0 bridgehead atoms. The van der Waals surface area contributed by atoms with Gasteiger partial charge in [0, 0.05) is 38.4 Å². The average molecular weight is 417 g/mol. The zero-order valence-corrected chi connectivity index (χ0v) is 18.8. The predicted molar refractivity (Wildman–Crippen MR) is 127 cm³/mol. The van der Waals surface area contributed by atoms with Gasteiger partial charge in [-0.1, -0.05) is 48.5 Å². The van der Waals surface area contributed by atoms with Crippen molar-refractivity contribution in [3.05, 3.63) is 89.0 Å². The molecule has 162 valence electrons. The zero-order chi connectivity index (χ0) is 21.6. The molecule has 0 unspecified atom stereocenters. The van der Waals surface area contributed by atoms with E-state index in [1.165, 1.54) is 22.4 Å². The molecule has 0 spiro atoms. The van der Waals surface area contributed by atoms with Crippen LogP contribution in [0.2, 0.25) is 0 Å². The van der Waals surface area contributed by atoms with Gasteiger partial charge in [0.2, 0.25) is 0 Å². The number of rotatable bonds is 7. The van der Waals surface area contributed by atoms with Gasteiger partial charge in [-0.05, 0) is 54.3 Å². The lowest BCUT2D eigenvalue weighted by atomic mass is 10.1. The first-order valence-corrected chi connectivity index (χ1v) is 11.0. The first kappa shape index (κ1) is 21.3. The van der Waals surface area contributed by atoms with Crippen LogP contribution in [0.4, 0.5) is 5.69 Å². The molecule has 0 amide bonds. The number of ether oxygens (including phenoxy) is 2. The van der Waals surface area contributed by atoms with Crippen LogP contribution in [0.3, 0.4) is 0 Å². The summed E-state index contributed by atoms with van der Waals surface area (Å²) in [7, 11) is 1.69. The largest absolute Gasteiger partial charge is 0.493 e. The number of hydrogen-bond acceptors (Lipinski definition) is 4. The molecule has 4 nitrogen and oxygen atoms in total. The average Bonchev–Trinajstić information content (AvgIpc) is 2.81. The zero-order valence-electron chi connectivity index (χ0n) is 18.8. The lowest BCUT2D eigenvalue weighted by molar-refractivity contribution is 0.248. The number of piperazine rings is 1. The van der Waals surface area contributed by atoms with E-state index in [1.807, 2.05) is 24.3 Å². The van der Waals surface area contributed by atoms with E-state index in [-0.39, 0.29) is 0 Å². The van der Waals surface area contributed by atoms with Crippen LogP contribution in [0.1, 0.15) is 22.3 Å². The second-order valence-electron chi connectivity index (χ2n) is 8.24. The van der Waals surface area contributed by atoms with Gasteiger partial charge in [0.15, 0.2) is 11.5 Å². The third-order valence-electron chi connectivity index (χ3n) is 6.16. The summed E-state index contributed by atoms with van der Waals surface area (Å²) in [5.74, 6) is 1.58. The molecule has 4 heteroatoms. The molecule has 0 radical (unpaired) electrons. The van der Waals surface area contributed by atoms with Crippen LogP contribution >= 0.6 is 0 Å². The van der Waals surface area contributed by atoms with E-state index in [0.717, 1.165) is 49.8 Å². The van der Waals surface area contributed by atoms with E-state index in [9.17, 15) is 0 Å². The van der Waals surface area contributed by atoms with Crippen LogP contribution in [0.25, 0.3) is 0 Å². The van der Waals surface area contributed by atoms with Crippen molar-refractivity contribution in [2.45, 2.75) is 27.0 Å². The molecular weight excluding hydrogens is 384 g/mol. The van der Waals surface area contributed by atoms with Crippen LogP contribution in [0.15, 0.2) is 66.7 Å². The highest BCUT2D eigenvalue weighted by atomic mass is 16.5. The molecule has 1 heterocycles. The third-order valence-corrected chi connectivity index (χ3v) is 6.16. The Hall–Kier alpha value is -2.98. The van der Waals surface area contributed by atoms with Crippen LogP contribution in [-0.4, -0.2) is 38.2 Å². The Morgan fingerprint density at radius 2 is 1.55 bits per heavy atom. The van der Waals surface area contributed by atoms with Crippen LogP contribution in [0.5, 0.6) is 11.5 Å². The van der Waals surface area contributed by atoms with Crippen molar-refractivity contribution >= 4 is 5.69 Å². The number of nitrogens with zero attached hydrogens (tertiary/aromatic N) is 2. The van der Waals surface area contributed by atoms with Gasteiger partial charge in [-0.3, -0.25) is 4.90 Å². The summed E-state index contributed by atoms with van der Waals surface area (Å²) in [6, 6.07) is 23.1. The molecule has 0 N–H and O–H groups in total. The highest BCUT2D eigenvalue weighted by Gasteiger charge is 2.19. The van der Waals surface area contributed by atoms with Crippen molar-refractivity contribution in [3.63, 3.8) is 0 Å². The predicted octanol–water partition coefficient (Wildman–Crippen LogP) is 5.21. The summed E-state index contributed by atoms with van der Waals surface area (Å²) >= 11 is 0. The standard InChI is InChI=1S/C27H32N2O2/c1-21-8-7-11-25(22(21)2)29-16-14-28(15-17-29)19-24-12-13-26(30-3)27(18-24)31-20-23-9-5-4-6-10-23/h4-13,18H,14-17,19-20H2,1-3H3. The van der Waals surface area contributed by atoms with E-state index < -0.39 is 0 Å². The minimum absolute atomic E-state index is 0.537. The fourth-order valence-electron chi connectivity index (χ4n) is 4.15. The Balaban J connectivity index is 1.38. The highest BCUT2D eigenvalue weighted by molar-refractivity contribution is 5.56. The fourth-order valence-corrected chi connectivity index (χ4v) is 4.15. The Kier molecular flexibility index (Phi) is 6.78. The van der Waals surface area contributed by atoms with E-state index in [2.05, 4.69) is 66.1 Å². The van der Waals surface area contributed by atoms with Gasteiger partial charge in [0.05, 0.1) is 7.11 Å². The normalized spacial score (nSPS) is 14.5. The molecule has 31 heavy (non-hydrogen) atoms. The van der Waals surface area contributed by atoms with Gasteiger partial charge in [0.25, 0.3) is 0 Å². The van der Waals surface area contributed by atoms with Gasteiger partial charge < -0.3 is 14.4 Å². The molecule has 3 aromatic carbocycles. The van der Waals surface area contributed by atoms with Crippen LogP contribution in [0, 0.1) is 13.8 Å². The summed E-state index contributed by atoms with van der Waals surface area (Å²) in [6.07, 6.45) is 0. The van der Waals surface area contributed by atoms with Crippen molar-refractivity contribution in [1.29, 1.82) is 0 Å². The lowest BCUT2D eigenvalue weighted by Gasteiger charge is -2.37. The number of methoxy groups -OCH3 is 1. The van der Waals surface area contributed by atoms with E-state index in [0.29, 0.717) is 6.61 Å². The van der Waals surface area contributed by atoms with Gasteiger partial charge in [-0.25, -0.2) is 0 Å². The van der Waals surface area contributed by atoms with Crippen LogP contribution < -0.4 is 14.4 Å². The van der Waals surface area contributed by atoms with E-state index >= 15 is 0 Å². The van der Waals surface area contributed by atoms with Crippen molar-refractivity contribution in [2.24, 2.45) is 0 Å². The molecule has 1 aliphatic heterocycles. The lowest BCUT2D eigenvalue weighted by Crippen LogP contribution is -2.46. The SMILES string of the molecule is COc1ccc(CN2CCN(c3cccc(C)c3C)CC2)cc1OCc1ccccc1. The number of anilines is 1. The van der Waals surface area contributed by atoms with Crippen LogP contribution in [-0.2, 0) is 13.2 Å². The third kappa shape index (κ3) is 5.20. The monoisotopic (exact) mass is 416 g/mol. The molecule has 1 saturated heterocycles. The van der Waals surface area contributed by atoms with E-state index in [1.54, 1.807) is 7.11 Å². The quantitative estimate of drug-likeness (QED) is 0.528. The summed E-state index contributed by atoms with van der Waals surface area (Å²) in [6.45, 7) is 10.1. The molecule has 4 rings (SSSR count). The summed E-state index contributed by atoms with van der Waals surface area (Å²) in [4.78, 5) is 5.03. The van der Waals surface area contributed by atoms with Crippen molar-refractivity contribution in [1.82, 2.24) is 4.90 Å². The number of aryl methyl sites for hydroxylation is 1. The van der Waals surface area contributed by atoms with Gasteiger partial charge in [0.1, 0.15) is 6.61 Å². The molecule has 0 saturated carbocycles. The molecular formula is C27H32N2O2. The Morgan fingerprint density at radius 1 is 0.774 bits per heavy atom. The van der Waals surface area contributed by atoms with Gasteiger partial charge >= 0.3 is 0 Å². The van der Waals surface area contributed by atoms with Crippen molar-refractivity contribution in [3.8, 4) is 11.5 Å². The second kappa shape index (κ2) is 9.88. The Morgan fingerprint density at radius 3 is 2.29 bits per heavy atom. The first-order valence-electron chi connectivity index (χ1n) is 11.0. The maximum Gasteiger partial charge on any atom is 0.161 e. The second-order valence-corrected chi connectivity index (χ2v) is 8.24. The summed E-state index contributed by atoms with van der Waals surface area (Å²) in [5, 5.41) is 0. The van der Waals surface area contributed by atoms with Crippen molar-refractivity contribution in [2.75, 3.05) is 38.2 Å². The highest BCUT2D eigenvalue weighted by Crippen LogP contribution is 2.30. The number of benzene rings is 3. The Labute approximate surface area is 186 Å². The maximum atomic E-state index is 6.09. The maximum absolute atomic E-state index is 6.09. The summed E-state index contributed by atoms with van der Waals surface area (Å²) in [5.41, 5.74) is 6.54. The molecule has 0 aromatic heterocycles. The first-order chi connectivity index (χ1) is 15.1. The minimum Gasteiger partial charge on any atom is -0.493 e. The summed E-state index contributed by atoms with van der Waals surface area (Å²) < 4.78 is 11.6. The molecule has 1 aliphatic rings. The molecule has 1 fully saturated rings. The Bertz CT molecular complexity index is 995. The van der Waals surface area contributed by atoms with Gasteiger partial charge in [-0.2, -0.15) is 0 Å². The van der Waals surface area contributed by atoms with Crippen molar-refractivity contribution < 1.29 is 9.47 Å². The smallest absolute Gasteiger partial charge is 0.161 e. The topological polar surface area (TPSA) is 24.9 Å². The van der Waals surface area contributed by atoms with Gasteiger partial charge in [-0.15, -0.1) is 0 Å². The number of hydrogen-bond donors (Lipinski definition) is 0. The molecule has 3 aromatic rings. The minimum atomic E-state index is 0.537. The molecule has 0 aliphatic carbocycles. The molecule has 0 atom stereocenters. The fraction of sp³-hybridized carbons (Fsp3) is 0.333.